The zero-order valence-corrected chi connectivity index (χ0v) is 14.1. The number of amides is 1. The number of hydrogen-bond acceptors (Lipinski definition) is 4. The van der Waals surface area contributed by atoms with Crippen molar-refractivity contribution in [1.82, 2.24) is 9.21 Å². The molecule has 1 heterocycles. The molecule has 0 atom stereocenters. The van der Waals surface area contributed by atoms with Crippen LogP contribution in [-0.4, -0.2) is 49.7 Å². The largest absolute Gasteiger partial charge is 0.341 e. The standard InChI is InChI=1S/C16H21N3O3S/c1-2-6-16(20)18-9-5-10-19(12-11-18)23(21,22)15-8-4-3-7-14(15)13-17/h3-4,7-8H,2,5-6,9-12H2,1H3. The smallest absolute Gasteiger partial charge is 0.244 e. The van der Waals surface area contributed by atoms with Gasteiger partial charge in [-0.25, -0.2) is 8.42 Å². The van der Waals surface area contributed by atoms with Gasteiger partial charge in [-0.3, -0.25) is 4.79 Å². The SMILES string of the molecule is CCCC(=O)N1CCCN(S(=O)(=O)c2ccccc2C#N)CC1. The van der Waals surface area contributed by atoms with E-state index in [1.807, 2.05) is 13.0 Å². The van der Waals surface area contributed by atoms with Crippen LogP contribution in [0.2, 0.25) is 0 Å². The summed E-state index contributed by atoms with van der Waals surface area (Å²) < 4.78 is 27.0. The van der Waals surface area contributed by atoms with Gasteiger partial charge in [0.25, 0.3) is 0 Å². The molecule has 0 spiro atoms. The molecule has 0 bridgehead atoms. The molecular weight excluding hydrogens is 314 g/mol. The summed E-state index contributed by atoms with van der Waals surface area (Å²) in [6.07, 6.45) is 1.88. The van der Waals surface area contributed by atoms with Crippen LogP contribution in [0.15, 0.2) is 29.2 Å². The fraction of sp³-hybridized carbons (Fsp3) is 0.500. The average Bonchev–Trinajstić information content (AvgIpc) is 2.81. The highest BCUT2D eigenvalue weighted by atomic mass is 32.2. The molecule has 1 fully saturated rings. The van der Waals surface area contributed by atoms with Gasteiger partial charge in [-0.2, -0.15) is 9.57 Å². The molecule has 0 unspecified atom stereocenters. The molecule has 1 aromatic carbocycles. The van der Waals surface area contributed by atoms with Gasteiger partial charge in [0.1, 0.15) is 6.07 Å². The maximum atomic E-state index is 12.8. The van der Waals surface area contributed by atoms with Gasteiger partial charge in [-0.15, -0.1) is 0 Å². The van der Waals surface area contributed by atoms with E-state index >= 15 is 0 Å². The first-order chi connectivity index (χ1) is 11.0. The van der Waals surface area contributed by atoms with Crippen molar-refractivity contribution < 1.29 is 13.2 Å². The molecule has 23 heavy (non-hydrogen) atoms. The minimum Gasteiger partial charge on any atom is -0.341 e. The van der Waals surface area contributed by atoms with Gasteiger partial charge in [0.2, 0.25) is 15.9 Å². The number of nitriles is 1. The van der Waals surface area contributed by atoms with Crippen LogP contribution in [0.3, 0.4) is 0 Å². The van der Waals surface area contributed by atoms with Crippen molar-refractivity contribution in [2.24, 2.45) is 0 Å². The molecule has 0 saturated carbocycles. The van der Waals surface area contributed by atoms with Gasteiger partial charge in [-0.05, 0) is 25.0 Å². The Balaban J connectivity index is 2.19. The van der Waals surface area contributed by atoms with E-state index in [1.54, 1.807) is 17.0 Å². The summed E-state index contributed by atoms with van der Waals surface area (Å²) in [5.41, 5.74) is 0.149. The van der Waals surface area contributed by atoms with Gasteiger partial charge >= 0.3 is 0 Å². The summed E-state index contributed by atoms with van der Waals surface area (Å²) in [6.45, 7) is 3.54. The van der Waals surface area contributed by atoms with Crippen LogP contribution in [0, 0.1) is 11.3 Å². The lowest BCUT2D eigenvalue weighted by molar-refractivity contribution is -0.131. The highest BCUT2D eigenvalue weighted by Gasteiger charge is 2.29. The first-order valence-corrected chi connectivity index (χ1v) is 9.21. The van der Waals surface area contributed by atoms with E-state index < -0.39 is 10.0 Å². The Bertz CT molecular complexity index is 710. The lowest BCUT2D eigenvalue weighted by Gasteiger charge is -2.22. The van der Waals surface area contributed by atoms with Gasteiger partial charge in [0.15, 0.2) is 0 Å². The summed E-state index contributed by atoms with van der Waals surface area (Å²) in [5, 5.41) is 9.12. The molecule has 0 N–H and O–H groups in total. The van der Waals surface area contributed by atoms with E-state index in [1.165, 1.54) is 16.4 Å². The Labute approximate surface area is 137 Å². The molecule has 1 aliphatic rings. The molecule has 0 aliphatic carbocycles. The second kappa shape index (κ2) is 7.57. The molecule has 1 amide bonds. The van der Waals surface area contributed by atoms with Crippen molar-refractivity contribution in [2.75, 3.05) is 26.2 Å². The van der Waals surface area contributed by atoms with Crippen molar-refractivity contribution in [3.8, 4) is 6.07 Å². The van der Waals surface area contributed by atoms with Crippen molar-refractivity contribution in [3.63, 3.8) is 0 Å². The maximum Gasteiger partial charge on any atom is 0.244 e. The van der Waals surface area contributed by atoms with Crippen LogP contribution >= 0.6 is 0 Å². The van der Waals surface area contributed by atoms with E-state index in [9.17, 15) is 13.2 Å². The summed E-state index contributed by atoms with van der Waals surface area (Å²) in [4.78, 5) is 13.8. The zero-order chi connectivity index (χ0) is 16.9. The highest BCUT2D eigenvalue weighted by molar-refractivity contribution is 7.89. The number of carbonyl (C=O) groups excluding carboxylic acids is 1. The van der Waals surface area contributed by atoms with Crippen LogP contribution in [0.5, 0.6) is 0 Å². The third kappa shape index (κ3) is 3.89. The predicted octanol–water partition coefficient (Wildman–Crippen LogP) is 1.58. The Kier molecular flexibility index (Phi) is 5.74. The minimum absolute atomic E-state index is 0.0378. The second-order valence-electron chi connectivity index (χ2n) is 5.50. The average molecular weight is 335 g/mol. The highest BCUT2D eigenvalue weighted by Crippen LogP contribution is 2.21. The molecule has 7 heteroatoms. The number of benzene rings is 1. The third-order valence-electron chi connectivity index (χ3n) is 3.90. The molecule has 0 aromatic heterocycles. The number of carbonyl (C=O) groups is 1. The second-order valence-corrected chi connectivity index (χ2v) is 7.40. The first-order valence-electron chi connectivity index (χ1n) is 7.77. The van der Waals surface area contributed by atoms with Gasteiger partial charge in [-0.1, -0.05) is 19.1 Å². The number of rotatable bonds is 4. The third-order valence-corrected chi connectivity index (χ3v) is 5.85. The van der Waals surface area contributed by atoms with Crippen molar-refractivity contribution in [2.45, 2.75) is 31.1 Å². The number of sulfonamides is 1. The minimum atomic E-state index is -3.72. The van der Waals surface area contributed by atoms with E-state index in [0.717, 1.165) is 6.42 Å². The lowest BCUT2D eigenvalue weighted by atomic mass is 10.2. The molecule has 124 valence electrons. The molecule has 1 saturated heterocycles. The van der Waals surface area contributed by atoms with Crippen molar-refractivity contribution in [3.05, 3.63) is 29.8 Å². The van der Waals surface area contributed by atoms with Gasteiger partial charge < -0.3 is 4.90 Å². The molecule has 6 nitrogen and oxygen atoms in total. The Morgan fingerprint density at radius 2 is 1.96 bits per heavy atom. The van der Waals surface area contributed by atoms with E-state index in [-0.39, 0.29) is 22.9 Å². The lowest BCUT2D eigenvalue weighted by Crippen LogP contribution is -2.37. The summed E-state index contributed by atoms with van der Waals surface area (Å²) in [7, 11) is -3.72. The Hall–Kier alpha value is -1.91. The van der Waals surface area contributed by atoms with Crippen LogP contribution in [0.25, 0.3) is 0 Å². The Morgan fingerprint density at radius 3 is 2.65 bits per heavy atom. The van der Waals surface area contributed by atoms with Gasteiger partial charge in [0, 0.05) is 32.6 Å². The van der Waals surface area contributed by atoms with Crippen LogP contribution in [0.4, 0.5) is 0 Å². The molecule has 1 aromatic rings. The quantitative estimate of drug-likeness (QED) is 0.836. The fourth-order valence-electron chi connectivity index (χ4n) is 2.68. The fourth-order valence-corrected chi connectivity index (χ4v) is 4.29. The zero-order valence-electron chi connectivity index (χ0n) is 13.2. The van der Waals surface area contributed by atoms with Crippen molar-refractivity contribution >= 4 is 15.9 Å². The van der Waals surface area contributed by atoms with E-state index in [4.69, 9.17) is 5.26 Å². The summed E-state index contributed by atoms with van der Waals surface area (Å²) in [5.74, 6) is 0.0733. The molecular formula is C16H21N3O3S. The monoisotopic (exact) mass is 335 g/mol. The van der Waals surface area contributed by atoms with Crippen LogP contribution < -0.4 is 0 Å². The maximum absolute atomic E-state index is 12.8. The van der Waals surface area contributed by atoms with E-state index in [2.05, 4.69) is 0 Å². The number of hydrogen-bond donors (Lipinski definition) is 0. The Morgan fingerprint density at radius 1 is 1.22 bits per heavy atom. The van der Waals surface area contributed by atoms with Crippen molar-refractivity contribution in [1.29, 1.82) is 5.26 Å². The van der Waals surface area contributed by atoms with Gasteiger partial charge in [0.05, 0.1) is 10.5 Å². The topological polar surface area (TPSA) is 81.5 Å². The number of nitrogens with zero attached hydrogens (tertiary/aromatic N) is 3. The summed E-state index contributed by atoms with van der Waals surface area (Å²) >= 11 is 0. The van der Waals surface area contributed by atoms with E-state index in [0.29, 0.717) is 32.5 Å². The molecule has 2 rings (SSSR count). The van der Waals surface area contributed by atoms with Crippen LogP contribution in [-0.2, 0) is 14.8 Å². The molecule has 1 aliphatic heterocycles. The van der Waals surface area contributed by atoms with Crippen LogP contribution in [0.1, 0.15) is 31.7 Å². The normalized spacial score (nSPS) is 16.6. The predicted molar refractivity (Wildman–Crippen MR) is 86.0 cm³/mol. The summed E-state index contributed by atoms with van der Waals surface area (Å²) in [6, 6.07) is 8.15. The first kappa shape index (κ1) is 17.4. The molecule has 0 radical (unpaired) electrons.